The summed E-state index contributed by atoms with van der Waals surface area (Å²) in [6, 6.07) is 11.8. The van der Waals surface area contributed by atoms with Gasteiger partial charge in [-0.1, -0.05) is 19.1 Å². The zero-order valence-corrected chi connectivity index (χ0v) is 12.4. The van der Waals surface area contributed by atoms with Gasteiger partial charge in [-0.15, -0.1) is 0 Å². The van der Waals surface area contributed by atoms with E-state index in [-0.39, 0.29) is 5.91 Å². The lowest BCUT2D eigenvalue weighted by molar-refractivity contribution is -0.115. The first-order chi connectivity index (χ1) is 10.2. The number of thioether (sulfide) groups is 1. The Kier molecular flexibility index (Phi) is 3.92. The van der Waals surface area contributed by atoms with Gasteiger partial charge in [0.1, 0.15) is 0 Å². The summed E-state index contributed by atoms with van der Waals surface area (Å²) in [7, 11) is 0. The second-order valence-electron chi connectivity index (χ2n) is 4.63. The molecule has 4 nitrogen and oxygen atoms in total. The fourth-order valence-electron chi connectivity index (χ4n) is 1.98. The highest BCUT2D eigenvalue weighted by atomic mass is 32.2. The van der Waals surface area contributed by atoms with E-state index in [9.17, 15) is 4.79 Å². The molecule has 1 aromatic carbocycles. The fraction of sp³-hybridized carbons (Fsp3) is 0.125. The smallest absolute Gasteiger partial charge is 0.264 e. The summed E-state index contributed by atoms with van der Waals surface area (Å²) in [5.74, 6) is -0.112. The van der Waals surface area contributed by atoms with Crippen LogP contribution in [0.5, 0.6) is 0 Å². The van der Waals surface area contributed by atoms with Crippen LogP contribution in [0.2, 0.25) is 0 Å². The molecule has 1 saturated heterocycles. The topological polar surface area (TPSA) is 57.2 Å². The lowest BCUT2D eigenvalue weighted by atomic mass is 10.2. The number of carbonyl (C=O) groups is 1. The summed E-state index contributed by atoms with van der Waals surface area (Å²) < 4.78 is 0. The lowest BCUT2D eigenvalue weighted by Crippen LogP contribution is -2.19. The Morgan fingerprint density at radius 2 is 2.05 bits per heavy atom. The quantitative estimate of drug-likeness (QED) is 0.852. The van der Waals surface area contributed by atoms with Crippen LogP contribution in [0.15, 0.2) is 52.5 Å². The molecule has 1 aliphatic rings. The van der Waals surface area contributed by atoms with Crippen molar-refractivity contribution in [3.63, 3.8) is 0 Å². The van der Waals surface area contributed by atoms with Crippen LogP contribution in [0, 0.1) is 0 Å². The maximum atomic E-state index is 11.9. The molecule has 1 aliphatic heterocycles. The molecule has 1 fully saturated rings. The summed E-state index contributed by atoms with van der Waals surface area (Å²) in [5.41, 5.74) is 3.02. The maximum Gasteiger partial charge on any atom is 0.264 e. The first-order valence-corrected chi connectivity index (χ1v) is 7.58. The van der Waals surface area contributed by atoms with E-state index in [1.165, 1.54) is 17.3 Å². The number of aromatic nitrogens is 1. The summed E-state index contributed by atoms with van der Waals surface area (Å²) >= 11 is 1.35. The van der Waals surface area contributed by atoms with Gasteiger partial charge < -0.3 is 10.3 Å². The van der Waals surface area contributed by atoms with Gasteiger partial charge in [0.05, 0.1) is 10.6 Å². The van der Waals surface area contributed by atoms with E-state index in [1.54, 1.807) is 0 Å². The summed E-state index contributed by atoms with van der Waals surface area (Å²) in [6.07, 6.45) is 4.66. The fourth-order valence-corrected chi connectivity index (χ4v) is 2.81. The van der Waals surface area contributed by atoms with Gasteiger partial charge in [-0.2, -0.15) is 0 Å². The van der Waals surface area contributed by atoms with Crippen molar-refractivity contribution in [1.82, 2.24) is 10.3 Å². The molecule has 2 N–H and O–H groups in total. The minimum Gasteiger partial charge on any atom is -0.362 e. The standard InChI is InChI=1S/C16H15N3OS/c1-2-11-5-7-12(8-6-11)18-16-19-15(20)14(21-16)10-13-4-3-9-17-13/h3-10,17H,2H2,1H3,(H,18,19,20). The van der Waals surface area contributed by atoms with Crippen LogP contribution in [-0.4, -0.2) is 16.1 Å². The molecule has 1 amide bonds. The largest absolute Gasteiger partial charge is 0.362 e. The second kappa shape index (κ2) is 6.01. The van der Waals surface area contributed by atoms with E-state index >= 15 is 0 Å². The van der Waals surface area contributed by atoms with Crippen LogP contribution in [-0.2, 0) is 11.2 Å². The number of hydrogen-bond acceptors (Lipinski definition) is 3. The van der Waals surface area contributed by atoms with Crippen LogP contribution in [0.25, 0.3) is 6.08 Å². The highest BCUT2D eigenvalue weighted by Gasteiger charge is 2.23. The molecule has 0 bridgehead atoms. The molecule has 0 unspecified atom stereocenters. The molecule has 3 rings (SSSR count). The number of benzene rings is 1. The van der Waals surface area contributed by atoms with Crippen molar-refractivity contribution in [3.8, 4) is 0 Å². The second-order valence-corrected chi connectivity index (χ2v) is 5.66. The number of aromatic amines is 1. The van der Waals surface area contributed by atoms with E-state index in [4.69, 9.17) is 0 Å². The average molecular weight is 297 g/mol. The molecule has 1 aromatic heterocycles. The maximum absolute atomic E-state index is 11.9. The van der Waals surface area contributed by atoms with Crippen molar-refractivity contribution in [2.24, 2.45) is 4.99 Å². The molecule has 0 spiro atoms. The summed E-state index contributed by atoms with van der Waals surface area (Å²) in [6.45, 7) is 2.12. The third-order valence-electron chi connectivity index (χ3n) is 3.13. The number of aryl methyl sites for hydroxylation is 1. The van der Waals surface area contributed by atoms with Gasteiger partial charge in [-0.3, -0.25) is 4.79 Å². The zero-order chi connectivity index (χ0) is 14.7. The van der Waals surface area contributed by atoms with Crippen LogP contribution in [0.1, 0.15) is 18.2 Å². The molecule has 5 heteroatoms. The lowest BCUT2D eigenvalue weighted by Gasteiger charge is -1.98. The first-order valence-electron chi connectivity index (χ1n) is 6.76. The average Bonchev–Trinajstić information content (AvgIpc) is 3.11. The Labute approximate surface area is 127 Å². The molecule has 0 atom stereocenters. The molecule has 0 saturated carbocycles. The van der Waals surface area contributed by atoms with Crippen molar-refractivity contribution < 1.29 is 4.79 Å². The number of nitrogens with one attached hydrogen (secondary N) is 2. The van der Waals surface area contributed by atoms with Crippen molar-refractivity contribution >= 4 is 34.6 Å². The molecule has 106 valence electrons. The van der Waals surface area contributed by atoms with Gasteiger partial charge >= 0.3 is 0 Å². The molecule has 21 heavy (non-hydrogen) atoms. The number of amidine groups is 1. The number of hydrogen-bond donors (Lipinski definition) is 2. The molecular weight excluding hydrogens is 282 g/mol. The van der Waals surface area contributed by atoms with Gasteiger partial charge in [-0.05, 0) is 54.1 Å². The number of nitrogens with zero attached hydrogens (tertiary/aromatic N) is 1. The highest BCUT2D eigenvalue weighted by Crippen LogP contribution is 2.27. The number of H-pyrrole nitrogens is 1. The van der Waals surface area contributed by atoms with E-state index in [0.29, 0.717) is 10.1 Å². The molecule has 2 aromatic rings. The zero-order valence-electron chi connectivity index (χ0n) is 11.6. The minimum absolute atomic E-state index is 0.112. The molecular formula is C16H15N3OS. The van der Waals surface area contributed by atoms with Crippen molar-refractivity contribution in [1.29, 1.82) is 0 Å². The van der Waals surface area contributed by atoms with Gasteiger partial charge in [-0.25, -0.2) is 4.99 Å². The Balaban J connectivity index is 1.78. The van der Waals surface area contributed by atoms with Gasteiger partial charge in [0, 0.05) is 11.9 Å². The summed E-state index contributed by atoms with van der Waals surface area (Å²) in [4.78, 5) is 20.1. The van der Waals surface area contributed by atoms with Crippen molar-refractivity contribution in [2.75, 3.05) is 0 Å². The molecule has 0 aliphatic carbocycles. The SMILES string of the molecule is CCc1ccc(N=C2NC(=O)C(=Cc3ccc[nH]3)S2)cc1. The molecule has 2 heterocycles. The number of amides is 1. The number of carbonyl (C=O) groups excluding carboxylic acids is 1. The Morgan fingerprint density at radius 3 is 2.71 bits per heavy atom. The number of aliphatic imine (C=N–C) groups is 1. The van der Waals surface area contributed by atoms with Gasteiger partial charge in [0.25, 0.3) is 5.91 Å². The molecule has 0 radical (unpaired) electrons. The predicted octanol–water partition coefficient (Wildman–Crippen LogP) is 3.47. The predicted molar refractivity (Wildman–Crippen MR) is 87.4 cm³/mol. The van der Waals surface area contributed by atoms with Crippen molar-refractivity contribution in [3.05, 3.63) is 58.8 Å². The minimum atomic E-state index is -0.112. The Morgan fingerprint density at radius 1 is 1.24 bits per heavy atom. The van der Waals surface area contributed by atoms with Crippen LogP contribution in [0.3, 0.4) is 0 Å². The number of rotatable bonds is 3. The van der Waals surface area contributed by atoms with Crippen LogP contribution in [0.4, 0.5) is 5.69 Å². The van der Waals surface area contributed by atoms with Crippen molar-refractivity contribution in [2.45, 2.75) is 13.3 Å². The van der Waals surface area contributed by atoms with E-state index in [0.717, 1.165) is 17.8 Å². The van der Waals surface area contributed by atoms with E-state index in [2.05, 4.69) is 34.3 Å². The summed E-state index contributed by atoms with van der Waals surface area (Å²) in [5, 5.41) is 3.40. The Hall–Kier alpha value is -2.27. The van der Waals surface area contributed by atoms with Crippen LogP contribution < -0.4 is 5.32 Å². The van der Waals surface area contributed by atoms with Gasteiger partial charge in [0.15, 0.2) is 5.17 Å². The van der Waals surface area contributed by atoms with E-state index < -0.39 is 0 Å². The highest BCUT2D eigenvalue weighted by molar-refractivity contribution is 8.18. The van der Waals surface area contributed by atoms with Gasteiger partial charge in [0.2, 0.25) is 0 Å². The third-order valence-corrected chi connectivity index (χ3v) is 4.04. The Bertz CT molecular complexity index is 700. The third kappa shape index (κ3) is 3.25. The van der Waals surface area contributed by atoms with Crippen LogP contribution >= 0.6 is 11.8 Å². The monoisotopic (exact) mass is 297 g/mol. The van der Waals surface area contributed by atoms with E-state index in [1.807, 2.05) is 36.5 Å². The normalized spacial score (nSPS) is 18.4. The first kappa shape index (κ1) is 13.7.